The first-order chi connectivity index (χ1) is 19.2. The maximum atomic E-state index is 12.3. The molecule has 0 radical (unpaired) electrons. The molecule has 0 aliphatic carbocycles. The molecular formula is C28H31Cl3N6O3. The first kappa shape index (κ1) is 28.8. The molecule has 3 atom stereocenters. The number of hydrogen-bond donors (Lipinski definition) is 1. The number of nitro groups is 1. The van der Waals surface area contributed by atoms with E-state index in [2.05, 4.69) is 27.1 Å². The summed E-state index contributed by atoms with van der Waals surface area (Å²) in [6, 6.07) is 15.5. The lowest BCUT2D eigenvalue weighted by Gasteiger charge is -2.48. The average molecular weight is 606 g/mol. The van der Waals surface area contributed by atoms with E-state index in [1.807, 2.05) is 60.4 Å². The second kappa shape index (κ2) is 12.4. The van der Waals surface area contributed by atoms with Gasteiger partial charge in [0.1, 0.15) is 0 Å². The number of hydrogen-bond acceptors (Lipinski definition) is 8. The van der Waals surface area contributed by atoms with Crippen molar-refractivity contribution in [3.05, 3.63) is 85.1 Å². The van der Waals surface area contributed by atoms with E-state index in [0.29, 0.717) is 36.3 Å². The van der Waals surface area contributed by atoms with Gasteiger partial charge in [0, 0.05) is 48.4 Å². The zero-order valence-electron chi connectivity index (χ0n) is 22.3. The van der Waals surface area contributed by atoms with E-state index in [0.717, 1.165) is 24.0 Å². The highest BCUT2D eigenvalue weighted by atomic mass is 35.5. The van der Waals surface area contributed by atoms with Crippen LogP contribution in [0.3, 0.4) is 0 Å². The SMILES string of the molecule is C[C@@H]1CN(c2nc(Cl)nc(NCC3CCCO3)c2[N+](=O)[O-])[C@@H](C)CN1C(c1ccc(Cl)cc1)c1ccc(Cl)cc1. The van der Waals surface area contributed by atoms with Crippen molar-refractivity contribution in [2.45, 2.75) is 50.9 Å². The van der Waals surface area contributed by atoms with Gasteiger partial charge in [0.2, 0.25) is 16.9 Å². The van der Waals surface area contributed by atoms with Crippen LogP contribution in [0.4, 0.5) is 17.3 Å². The maximum Gasteiger partial charge on any atom is 0.353 e. The van der Waals surface area contributed by atoms with Crippen LogP contribution in [-0.2, 0) is 4.74 Å². The van der Waals surface area contributed by atoms with Gasteiger partial charge in [-0.3, -0.25) is 15.0 Å². The standard InChI is InChI=1S/C28H31Cl3N6O3/c1-17-16-36(27-25(37(38)39)26(33-28(31)34-27)32-14-23-4-3-13-40-23)18(2)15-35(17)24(19-5-9-21(29)10-6-19)20-7-11-22(30)12-8-20/h5-12,17-18,23-24H,3-4,13-16H2,1-2H3,(H,32,33,34)/t17-,18+,23?/m1/s1. The van der Waals surface area contributed by atoms with Crippen LogP contribution in [0.15, 0.2) is 48.5 Å². The molecule has 2 aliphatic rings. The molecule has 9 nitrogen and oxygen atoms in total. The first-order valence-electron chi connectivity index (χ1n) is 13.3. The fraction of sp³-hybridized carbons (Fsp3) is 0.429. The number of halogens is 3. The number of rotatable bonds is 8. The Bertz CT molecular complexity index is 1290. The molecule has 2 fully saturated rings. The lowest BCUT2D eigenvalue weighted by Crippen LogP contribution is -2.57. The molecule has 0 saturated carbocycles. The summed E-state index contributed by atoms with van der Waals surface area (Å²) in [7, 11) is 0. The maximum absolute atomic E-state index is 12.3. The van der Waals surface area contributed by atoms with Crippen LogP contribution in [0.25, 0.3) is 0 Å². The average Bonchev–Trinajstić information content (AvgIpc) is 3.44. The van der Waals surface area contributed by atoms with Gasteiger partial charge in [-0.05, 0) is 73.7 Å². The molecule has 0 amide bonds. The summed E-state index contributed by atoms with van der Waals surface area (Å²) in [6.07, 6.45) is 1.85. The molecule has 40 heavy (non-hydrogen) atoms. The Morgan fingerprint density at radius 3 is 2.17 bits per heavy atom. The fourth-order valence-corrected chi connectivity index (χ4v) is 6.01. The van der Waals surface area contributed by atoms with Crippen molar-refractivity contribution in [1.29, 1.82) is 0 Å². The quantitative estimate of drug-likeness (QED) is 0.174. The van der Waals surface area contributed by atoms with E-state index >= 15 is 0 Å². The number of aromatic nitrogens is 2. The van der Waals surface area contributed by atoms with Gasteiger partial charge in [-0.15, -0.1) is 0 Å². The van der Waals surface area contributed by atoms with Crippen molar-refractivity contribution in [3.63, 3.8) is 0 Å². The van der Waals surface area contributed by atoms with Gasteiger partial charge in [-0.2, -0.15) is 9.97 Å². The fourth-order valence-electron chi connectivity index (χ4n) is 5.60. The van der Waals surface area contributed by atoms with Gasteiger partial charge in [-0.25, -0.2) is 0 Å². The highest BCUT2D eigenvalue weighted by molar-refractivity contribution is 6.30. The van der Waals surface area contributed by atoms with Gasteiger partial charge in [0.05, 0.1) is 17.1 Å². The van der Waals surface area contributed by atoms with E-state index in [1.54, 1.807) is 0 Å². The van der Waals surface area contributed by atoms with Crippen LogP contribution < -0.4 is 10.2 Å². The van der Waals surface area contributed by atoms with Crippen molar-refractivity contribution >= 4 is 52.1 Å². The number of nitrogens with zero attached hydrogens (tertiary/aromatic N) is 5. The topological polar surface area (TPSA) is 96.7 Å². The monoisotopic (exact) mass is 604 g/mol. The van der Waals surface area contributed by atoms with Gasteiger partial charge < -0.3 is 15.0 Å². The summed E-state index contributed by atoms with van der Waals surface area (Å²) < 4.78 is 5.66. The summed E-state index contributed by atoms with van der Waals surface area (Å²) >= 11 is 18.7. The Morgan fingerprint density at radius 2 is 1.62 bits per heavy atom. The van der Waals surface area contributed by atoms with Crippen molar-refractivity contribution in [2.24, 2.45) is 0 Å². The second-order valence-electron chi connectivity index (χ2n) is 10.3. The third-order valence-corrected chi connectivity index (χ3v) is 8.22. The molecule has 0 spiro atoms. The van der Waals surface area contributed by atoms with Crippen LogP contribution in [0, 0.1) is 10.1 Å². The van der Waals surface area contributed by atoms with Crippen LogP contribution in [0.2, 0.25) is 15.3 Å². The number of piperazine rings is 1. The van der Waals surface area contributed by atoms with Crippen molar-refractivity contribution < 1.29 is 9.66 Å². The van der Waals surface area contributed by atoms with Gasteiger partial charge >= 0.3 is 5.69 Å². The first-order valence-corrected chi connectivity index (χ1v) is 14.5. The van der Waals surface area contributed by atoms with E-state index < -0.39 is 4.92 Å². The van der Waals surface area contributed by atoms with Crippen LogP contribution >= 0.6 is 34.8 Å². The highest BCUT2D eigenvalue weighted by Gasteiger charge is 2.39. The third-order valence-electron chi connectivity index (χ3n) is 7.55. The molecule has 3 aromatic rings. The lowest BCUT2D eigenvalue weighted by molar-refractivity contribution is -0.383. The van der Waals surface area contributed by atoms with Crippen molar-refractivity contribution in [3.8, 4) is 0 Å². The van der Waals surface area contributed by atoms with Crippen molar-refractivity contribution in [2.75, 3.05) is 36.5 Å². The molecule has 1 unspecified atom stereocenters. The molecule has 212 valence electrons. The molecule has 5 rings (SSSR count). The summed E-state index contributed by atoms with van der Waals surface area (Å²) in [5.74, 6) is 0.325. The molecule has 2 aromatic carbocycles. The van der Waals surface area contributed by atoms with Gasteiger partial charge in [-0.1, -0.05) is 47.5 Å². The zero-order valence-corrected chi connectivity index (χ0v) is 24.5. The molecule has 2 aliphatic heterocycles. The molecular weight excluding hydrogens is 575 g/mol. The Kier molecular flexibility index (Phi) is 8.97. The summed E-state index contributed by atoms with van der Waals surface area (Å²) in [5.41, 5.74) is 2.01. The summed E-state index contributed by atoms with van der Waals surface area (Å²) in [5, 5.41) is 16.7. The predicted octanol–water partition coefficient (Wildman–Crippen LogP) is 6.62. The largest absolute Gasteiger partial charge is 0.376 e. The Hall–Kier alpha value is -2.69. The van der Waals surface area contributed by atoms with Gasteiger partial charge in [0.15, 0.2) is 0 Å². The Morgan fingerprint density at radius 1 is 1.00 bits per heavy atom. The molecule has 12 heteroatoms. The van der Waals surface area contributed by atoms with Gasteiger partial charge in [0.25, 0.3) is 0 Å². The summed E-state index contributed by atoms with van der Waals surface area (Å²) in [6.45, 7) is 6.38. The Balaban J connectivity index is 1.46. The minimum Gasteiger partial charge on any atom is -0.376 e. The van der Waals surface area contributed by atoms with E-state index in [9.17, 15) is 10.1 Å². The minimum absolute atomic E-state index is 0.00389. The second-order valence-corrected chi connectivity index (χ2v) is 11.6. The van der Waals surface area contributed by atoms with Crippen LogP contribution in [-0.4, -0.2) is 64.2 Å². The molecule has 1 N–H and O–H groups in total. The van der Waals surface area contributed by atoms with Crippen LogP contribution in [0.5, 0.6) is 0 Å². The smallest absolute Gasteiger partial charge is 0.353 e. The number of ether oxygens (including phenoxy) is 1. The van der Waals surface area contributed by atoms with E-state index in [4.69, 9.17) is 39.5 Å². The zero-order chi connectivity index (χ0) is 28.4. The molecule has 3 heterocycles. The number of anilines is 2. The lowest BCUT2D eigenvalue weighted by atomic mass is 9.93. The highest BCUT2D eigenvalue weighted by Crippen LogP contribution is 2.39. The molecule has 2 saturated heterocycles. The molecule has 0 bridgehead atoms. The van der Waals surface area contributed by atoms with Crippen LogP contribution in [0.1, 0.15) is 43.9 Å². The number of benzene rings is 2. The Labute approximate surface area is 248 Å². The normalized spacial score (nSPS) is 21.6. The predicted molar refractivity (Wildman–Crippen MR) is 159 cm³/mol. The molecule has 1 aromatic heterocycles. The summed E-state index contributed by atoms with van der Waals surface area (Å²) in [4.78, 5) is 24.8. The minimum atomic E-state index is -0.433. The van der Waals surface area contributed by atoms with E-state index in [1.165, 1.54) is 0 Å². The van der Waals surface area contributed by atoms with E-state index in [-0.39, 0.29) is 46.8 Å². The number of nitrogens with one attached hydrogen (secondary N) is 1. The third kappa shape index (κ3) is 6.29. The van der Waals surface area contributed by atoms with Crippen molar-refractivity contribution in [1.82, 2.24) is 14.9 Å².